The van der Waals surface area contributed by atoms with E-state index in [2.05, 4.69) is 10.1 Å². The quantitative estimate of drug-likeness (QED) is 0.512. The third-order valence-electron chi connectivity index (χ3n) is 1.85. The van der Waals surface area contributed by atoms with Gasteiger partial charge < -0.3 is 9.84 Å². The fourth-order valence-corrected chi connectivity index (χ4v) is 1.24. The maximum atomic E-state index is 10.9. The Bertz CT molecular complexity index is 149. The molecule has 1 aliphatic rings. The molecule has 0 saturated carbocycles. The number of ether oxygens (including phenoxy) is 1. The Morgan fingerprint density at radius 2 is 2.36 bits per heavy atom. The number of esters is 1. The second-order valence-electron chi connectivity index (χ2n) is 2.69. The van der Waals surface area contributed by atoms with Crippen LogP contribution >= 0.6 is 0 Å². The topological polar surface area (TPSA) is 58.6 Å². The first-order valence-electron chi connectivity index (χ1n) is 3.76. The molecule has 0 bridgehead atoms. The third kappa shape index (κ3) is 2.17. The summed E-state index contributed by atoms with van der Waals surface area (Å²) in [7, 11) is 1.35. The summed E-state index contributed by atoms with van der Waals surface area (Å²) in [6, 6.07) is -0.316. The second-order valence-corrected chi connectivity index (χ2v) is 2.69. The van der Waals surface area contributed by atoms with Crippen molar-refractivity contribution in [2.45, 2.75) is 31.5 Å². The molecule has 1 saturated heterocycles. The average molecular weight is 159 g/mol. The monoisotopic (exact) mass is 159 g/mol. The molecule has 0 aromatic rings. The number of nitrogens with one attached hydrogen (secondary N) is 1. The minimum atomic E-state index is -0.548. The van der Waals surface area contributed by atoms with E-state index in [1.54, 1.807) is 0 Å². The Labute approximate surface area is 65.5 Å². The molecule has 4 heteroatoms. The molecule has 1 fully saturated rings. The SMILES string of the molecule is COC(=O)[C@@H]1CCCC(O)N1. The van der Waals surface area contributed by atoms with E-state index in [9.17, 15) is 4.79 Å². The van der Waals surface area contributed by atoms with Gasteiger partial charge in [0.25, 0.3) is 0 Å². The van der Waals surface area contributed by atoms with Crippen molar-refractivity contribution in [1.29, 1.82) is 0 Å². The lowest BCUT2D eigenvalue weighted by atomic mass is 10.0. The number of aliphatic hydroxyl groups excluding tert-OH is 1. The van der Waals surface area contributed by atoms with Crippen molar-refractivity contribution < 1.29 is 14.6 Å². The number of hydrogen-bond donors (Lipinski definition) is 2. The molecule has 1 aliphatic heterocycles. The minimum Gasteiger partial charge on any atom is -0.468 e. The summed E-state index contributed by atoms with van der Waals surface area (Å²) in [6.45, 7) is 0. The van der Waals surface area contributed by atoms with E-state index in [1.807, 2.05) is 0 Å². The molecule has 2 atom stereocenters. The van der Waals surface area contributed by atoms with Crippen LogP contribution in [0.1, 0.15) is 19.3 Å². The summed E-state index contributed by atoms with van der Waals surface area (Å²) in [4.78, 5) is 10.9. The van der Waals surface area contributed by atoms with Crippen LogP contribution in [-0.2, 0) is 9.53 Å². The van der Waals surface area contributed by atoms with Gasteiger partial charge in [0.15, 0.2) is 0 Å². The predicted octanol–water partition coefficient (Wildman–Crippen LogP) is -0.380. The Hall–Kier alpha value is -0.610. The number of methoxy groups -OCH3 is 1. The number of aliphatic hydroxyl groups is 1. The van der Waals surface area contributed by atoms with Gasteiger partial charge in [0.1, 0.15) is 12.3 Å². The molecule has 11 heavy (non-hydrogen) atoms. The van der Waals surface area contributed by atoms with Gasteiger partial charge >= 0.3 is 5.97 Å². The van der Waals surface area contributed by atoms with E-state index in [1.165, 1.54) is 7.11 Å². The molecule has 0 aromatic heterocycles. The highest BCUT2D eigenvalue weighted by molar-refractivity contribution is 5.75. The van der Waals surface area contributed by atoms with E-state index in [0.29, 0.717) is 6.42 Å². The van der Waals surface area contributed by atoms with E-state index in [4.69, 9.17) is 5.11 Å². The van der Waals surface area contributed by atoms with Crippen LogP contribution in [-0.4, -0.2) is 30.5 Å². The normalized spacial score (nSPS) is 31.5. The molecule has 0 aromatic carbocycles. The maximum Gasteiger partial charge on any atom is 0.322 e. The standard InChI is InChI=1S/C7H13NO3/c1-11-7(10)5-3-2-4-6(9)8-5/h5-6,8-9H,2-4H2,1H3/t5-,6?/m0/s1. The van der Waals surface area contributed by atoms with Crippen LogP contribution in [0, 0.1) is 0 Å². The number of piperidine rings is 1. The highest BCUT2D eigenvalue weighted by atomic mass is 16.5. The van der Waals surface area contributed by atoms with Gasteiger partial charge in [-0.1, -0.05) is 0 Å². The maximum absolute atomic E-state index is 10.9. The zero-order valence-electron chi connectivity index (χ0n) is 6.54. The first-order valence-corrected chi connectivity index (χ1v) is 3.76. The lowest BCUT2D eigenvalue weighted by molar-refractivity contribution is -0.145. The van der Waals surface area contributed by atoms with Crippen molar-refractivity contribution in [1.82, 2.24) is 5.32 Å². The molecule has 1 unspecified atom stereocenters. The summed E-state index contributed by atoms with van der Waals surface area (Å²) in [5.74, 6) is -0.288. The molecule has 1 heterocycles. The Balaban J connectivity index is 2.39. The third-order valence-corrected chi connectivity index (χ3v) is 1.85. The van der Waals surface area contributed by atoms with Crippen molar-refractivity contribution in [2.75, 3.05) is 7.11 Å². The molecular weight excluding hydrogens is 146 g/mol. The number of carbonyl (C=O) groups excluding carboxylic acids is 1. The van der Waals surface area contributed by atoms with Crippen LogP contribution in [0.4, 0.5) is 0 Å². The lowest BCUT2D eigenvalue weighted by Crippen LogP contribution is -2.47. The van der Waals surface area contributed by atoms with Crippen molar-refractivity contribution >= 4 is 5.97 Å². The van der Waals surface area contributed by atoms with E-state index < -0.39 is 6.23 Å². The zero-order chi connectivity index (χ0) is 8.27. The Morgan fingerprint density at radius 3 is 2.91 bits per heavy atom. The first kappa shape index (κ1) is 8.49. The largest absolute Gasteiger partial charge is 0.468 e. The zero-order valence-corrected chi connectivity index (χ0v) is 6.54. The number of hydrogen-bond acceptors (Lipinski definition) is 4. The van der Waals surface area contributed by atoms with Crippen molar-refractivity contribution in [3.8, 4) is 0 Å². The summed E-state index contributed by atoms with van der Waals surface area (Å²) < 4.78 is 4.53. The molecule has 0 radical (unpaired) electrons. The fourth-order valence-electron chi connectivity index (χ4n) is 1.24. The van der Waals surface area contributed by atoms with E-state index in [0.717, 1.165) is 12.8 Å². The first-order chi connectivity index (χ1) is 5.24. The second kappa shape index (κ2) is 3.69. The number of carbonyl (C=O) groups is 1. The van der Waals surface area contributed by atoms with Gasteiger partial charge in [-0.25, -0.2) is 0 Å². The molecule has 1 rings (SSSR count). The van der Waals surface area contributed by atoms with Crippen LogP contribution in [0.2, 0.25) is 0 Å². The van der Waals surface area contributed by atoms with Gasteiger partial charge in [-0.05, 0) is 19.3 Å². The molecule has 0 spiro atoms. The number of rotatable bonds is 1. The Morgan fingerprint density at radius 1 is 1.64 bits per heavy atom. The van der Waals surface area contributed by atoms with Gasteiger partial charge in [0.2, 0.25) is 0 Å². The summed E-state index contributed by atoms with van der Waals surface area (Å²) in [5.41, 5.74) is 0. The van der Waals surface area contributed by atoms with Crippen molar-refractivity contribution in [2.24, 2.45) is 0 Å². The van der Waals surface area contributed by atoms with Gasteiger partial charge in [-0.2, -0.15) is 0 Å². The molecule has 4 nitrogen and oxygen atoms in total. The predicted molar refractivity (Wildman–Crippen MR) is 38.8 cm³/mol. The van der Waals surface area contributed by atoms with Crippen molar-refractivity contribution in [3.63, 3.8) is 0 Å². The van der Waals surface area contributed by atoms with Gasteiger partial charge in [0.05, 0.1) is 7.11 Å². The van der Waals surface area contributed by atoms with Gasteiger partial charge in [-0.15, -0.1) is 0 Å². The molecule has 0 aliphatic carbocycles. The summed E-state index contributed by atoms with van der Waals surface area (Å²) >= 11 is 0. The van der Waals surface area contributed by atoms with E-state index >= 15 is 0 Å². The minimum absolute atomic E-state index is 0.288. The van der Waals surface area contributed by atoms with Crippen LogP contribution in [0.25, 0.3) is 0 Å². The Kier molecular flexibility index (Phi) is 2.84. The molecule has 2 N–H and O–H groups in total. The highest BCUT2D eigenvalue weighted by Gasteiger charge is 2.25. The van der Waals surface area contributed by atoms with E-state index in [-0.39, 0.29) is 12.0 Å². The van der Waals surface area contributed by atoms with Crippen LogP contribution in [0.5, 0.6) is 0 Å². The lowest BCUT2D eigenvalue weighted by Gasteiger charge is -2.25. The average Bonchev–Trinajstić information content (AvgIpc) is 2.03. The van der Waals surface area contributed by atoms with Gasteiger partial charge in [0, 0.05) is 0 Å². The van der Waals surface area contributed by atoms with Crippen LogP contribution in [0.3, 0.4) is 0 Å². The van der Waals surface area contributed by atoms with Crippen LogP contribution in [0.15, 0.2) is 0 Å². The summed E-state index contributed by atoms with van der Waals surface area (Å²) in [6.07, 6.45) is 1.79. The summed E-state index contributed by atoms with van der Waals surface area (Å²) in [5, 5.41) is 11.9. The highest BCUT2D eigenvalue weighted by Crippen LogP contribution is 2.11. The van der Waals surface area contributed by atoms with Gasteiger partial charge in [-0.3, -0.25) is 10.1 Å². The molecular formula is C7H13NO3. The molecule has 64 valence electrons. The molecule has 0 amide bonds. The van der Waals surface area contributed by atoms with Crippen molar-refractivity contribution in [3.05, 3.63) is 0 Å². The van der Waals surface area contributed by atoms with Crippen LogP contribution < -0.4 is 5.32 Å². The smallest absolute Gasteiger partial charge is 0.322 e. The fraction of sp³-hybridized carbons (Fsp3) is 0.857.